The average molecular weight is 248 g/mol. The van der Waals surface area contributed by atoms with Gasteiger partial charge in [-0.05, 0) is 19.4 Å². The quantitative estimate of drug-likeness (QED) is 0.873. The van der Waals surface area contributed by atoms with Gasteiger partial charge >= 0.3 is 0 Å². The van der Waals surface area contributed by atoms with Gasteiger partial charge in [-0.1, -0.05) is 6.92 Å². The lowest BCUT2D eigenvalue weighted by molar-refractivity contribution is 0.868. The fourth-order valence-electron chi connectivity index (χ4n) is 1.53. The van der Waals surface area contributed by atoms with Crippen molar-refractivity contribution in [1.82, 2.24) is 9.97 Å². The van der Waals surface area contributed by atoms with Crippen molar-refractivity contribution in [3.05, 3.63) is 34.5 Å². The minimum Gasteiger partial charge on any atom is -0.397 e. The van der Waals surface area contributed by atoms with Gasteiger partial charge in [-0.25, -0.2) is 4.98 Å². The number of aryl methyl sites for hydroxylation is 1. The molecule has 2 aromatic heterocycles. The highest BCUT2D eigenvalue weighted by Crippen LogP contribution is 2.24. The van der Waals surface area contributed by atoms with Gasteiger partial charge in [0.25, 0.3) is 0 Å². The van der Waals surface area contributed by atoms with Gasteiger partial charge in [-0.15, -0.1) is 11.3 Å². The highest BCUT2D eigenvalue weighted by Gasteiger charge is 2.10. The maximum atomic E-state index is 5.68. The molecule has 1 atom stereocenters. The van der Waals surface area contributed by atoms with Crippen LogP contribution in [0.25, 0.3) is 0 Å². The van der Waals surface area contributed by atoms with Gasteiger partial charge in [0.15, 0.2) is 0 Å². The Kier molecular flexibility index (Phi) is 3.58. The molecule has 5 heteroatoms. The Labute approximate surface area is 105 Å². The minimum absolute atomic E-state index is 0.170. The maximum absolute atomic E-state index is 5.68. The summed E-state index contributed by atoms with van der Waals surface area (Å²) in [5.74, 6) is 0. The summed E-state index contributed by atoms with van der Waals surface area (Å²) >= 11 is 1.74. The van der Waals surface area contributed by atoms with E-state index < -0.39 is 0 Å². The van der Waals surface area contributed by atoms with Gasteiger partial charge in [-0.2, -0.15) is 0 Å². The molecule has 0 fully saturated rings. The number of nitrogen functional groups attached to an aromatic ring is 1. The summed E-state index contributed by atoms with van der Waals surface area (Å²) in [5.41, 5.74) is 7.27. The first-order valence-corrected chi connectivity index (χ1v) is 6.42. The predicted octanol–water partition coefficient (Wildman–Crippen LogP) is 2.86. The van der Waals surface area contributed by atoms with Gasteiger partial charge in [0.05, 0.1) is 23.6 Å². The summed E-state index contributed by atoms with van der Waals surface area (Å²) in [5, 5.41) is 4.43. The number of pyridine rings is 1. The minimum atomic E-state index is 0.170. The van der Waals surface area contributed by atoms with Crippen molar-refractivity contribution in [2.45, 2.75) is 26.3 Å². The lowest BCUT2D eigenvalue weighted by atomic mass is 10.3. The molecule has 3 N–H and O–H groups in total. The van der Waals surface area contributed by atoms with Crippen molar-refractivity contribution in [3.8, 4) is 0 Å². The van der Waals surface area contributed by atoms with Crippen LogP contribution in [0.2, 0.25) is 0 Å². The summed E-state index contributed by atoms with van der Waals surface area (Å²) in [4.78, 5) is 9.76. The smallest absolute Gasteiger partial charge is 0.115 e. The number of aromatic nitrogens is 2. The molecule has 17 heavy (non-hydrogen) atoms. The molecule has 0 aliphatic carbocycles. The summed E-state index contributed by atoms with van der Waals surface area (Å²) in [6.45, 7) is 4.22. The monoisotopic (exact) mass is 248 g/mol. The second kappa shape index (κ2) is 5.14. The predicted molar refractivity (Wildman–Crippen MR) is 72.2 cm³/mol. The van der Waals surface area contributed by atoms with E-state index in [-0.39, 0.29) is 6.04 Å². The van der Waals surface area contributed by atoms with Gasteiger partial charge in [0, 0.05) is 17.3 Å². The molecule has 0 spiro atoms. The van der Waals surface area contributed by atoms with E-state index >= 15 is 0 Å². The molecule has 0 radical (unpaired) electrons. The largest absolute Gasteiger partial charge is 0.397 e. The highest BCUT2D eigenvalue weighted by molar-refractivity contribution is 7.11. The number of nitrogens with two attached hydrogens (primary N) is 1. The summed E-state index contributed by atoms with van der Waals surface area (Å²) in [6, 6.07) is 2.04. The number of anilines is 2. The van der Waals surface area contributed by atoms with Crippen LogP contribution >= 0.6 is 11.3 Å². The lowest BCUT2D eigenvalue weighted by Gasteiger charge is -2.12. The Bertz CT molecular complexity index is 495. The van der Waals surface area contributed by atoms with E-state index in [1.165, 1.54) is 4.88 Å². The summed E-state index contributed by atoms with van der Waals surface area (Å²) in [6.07, 6.45) is 6.37. The van der Waals surface area contributed by atoms with Crippen molar-refractivity contribution < 1.29 is 0 Å². The molecule has 2 aromatic rings. The summed E-state index contributed by atoms with van der Waals surface area (Å²) < 4.78 is 0. The molecule has 0 aromatic carbocycles. The van der Waals surface area contributed by atoms with E-state index in [2.05, 4.69) is 29.1 Å². The van der Waals surface area contributed by atoms with E-state index in [9.17, 15) is 0 Å². The third-order valence-corrected chi connectivity index (χ3v) is 3.76. The molecule has 4 nitrogen and oxygen atoms in total. The molecule has 0 amide bonds. The van der Waals surface area contributed by atoms with Crippen LogP contribution in [-0.2, 0) is 6.42 Å². The number of thiazole rings is 1. The van der Waals surface area contributed by atoms with Crippen LogP contribution in [0.3, 0.4) is 0 Å². The highest BCUT2D eigenvalue weighted by atomic mass is 32.1. The molecule has 0 bridgehead atoms. The van der Waals surface area contributed by atoms with Gasteiger partial charge in [0.1, 0.15) is 5.01 Å². The first kappa shape index (κ1) is 11.9. The van der Waals surface area contributed by atoms with E-state index in [1.807, 2.05) is 12.3 Å². The first-order chi connectivity index (χ1) is 8.19. The average Bonchev–Trinajstić information content (AvgIpc) is 2.77. The van der Waals surface area contributed by atoms with Crippen LogP contribution < -0.4 is 11.1 Å². The van der Waals surface area contributed by atoms with Crippen molar-refractivity contribution in [3.63, 3.8) is 0 Å². The van der Waals surface area contributed by atoms with E-state index in [0.717, 1.165) is 17.1 Å². The maximum Gasteiger partial charge on any atom is 0.115 e. The zero-order valence-corrected chi connectivity index (χ0v) is 10.8. The molecule has 90 valence electrons. The fourth-order valence-corrected chi connectivity index (χ4v) is 2.39. The number of nitrogens with one attached hydrogen (secondary N) is 1. The molecule has 0 aliphatic rings. The lowest BCUT2D eigenvalue weighted by Crippen LogP contribution is -2.06. The molecule has 1 unspecified atom stereocenters. The Morgan fingerprint density at radius 1 is 1.41 bits per heavy atom. The molecule has 0 aliphatic heterocycles. The van der Waals surface area contributed by atoms with E-state index in [1.54, 1.807) is 23.7 Å². The van der Waals surface area contributed by atoms with Crippen molar-refractivity contribution in [1.29, 1.82) is 0 Å². The Hall–Kier alpha value is -1.62. The number of rotatable bonds is 4. The van der Waals surface area contributed by atoms with Gasteiger partial charge in [0.2, 0.25) is 0 Å². The Balaban J connectivity index is 2.08. The molecule has 0 saturated carbocycles. The standard InChI is InChI=1S/C12H16N4S/c1-3-11-7-15-12(17-11)8(2)16-10-4-9(13)5-14-6-10/h4-8,16H,3,13H2,1-2H3. The topological polar surface area (TPSA) is 63.8 Å². The van der Waals surface area contributed by atoms with Crippen LogP contribution in [0.5, 0.6) is 0 Å². The van der Waals surface area contributed by atoms with Crippen LogP contribution in [0.15, 0.2) is 24.7 Å². The number of hydrogen-bond acceptors (Lipinski definition) is 5. The van der Waals surface area contributed by atoms with Crippen LogP contribution in [0, 0.1) is 0 Å². The number of hydrogen-bond donors (Lipinski definition) is 2. The van der Waals surface area contributed by atoms with E-state index in [4.69, 9.17) is 5.73 Å². The zero-order chi connectivity index (χ0) is 12.3. The second-order valence-electron chi connectivity index (χ2n) is 3.89. The Morgan fingerprint density at radius 3 is 2.88 bits per heavy atom. The van der Waals surface area contributed by atoms with Crippen molar-refractivity contribution in [2.24, 2.45) is 0 Å². The number of nitrogens with zero attached hydrogens (tertiary/aromatic N) is 2. The molecular weight excluding hydrogens is 232 g/mol. The van der Waals surface area contributed by atoms with Crippen molar-refractivity contribution >= 4 is 22.7 Å². The first-order valence-electron chi connectivity index (χ1n) is 5.60. The molecular formula is C12H16N4S. The van der Waals surface area contributed by atoms with Crippen molar-refractivity contribution in [2.75, 3.05) is 11.1 Å². The Morgan fingerprint density at radius 2 is 2.24 bits per heavy atom. The summed E-state index contributed by atoms with van der Waals surface area (Å²) in [7, 11) is 0. The van der Waals surface area contributed by atoms with Gasteiger partial charge < -0.3 is 11.1 Å². The molecule has 2 rings (SSSR count). The third-order valence-electron chi connectivity index (χ3n) is 2.43. The fraction of sp³-hybridized carbons (Fsp3) is 0.333. The van der Waals surface area contributed by atoms with Crippen LogP contribution in [0.4, 0.5) is 11.4 Å². The molecule has 2 heterocycles. The third kappa shape index (κ3) is 2.94. The second-order valence-corrected chi connectivity index (χ2v) is 5.04. The normalized spacial score (nSPS) is 12.4. The van der Waals surface area contributed by atoms with Crippen LogP contribution in [-0.4, -0.2) is 9.97 Å². The zero-order valence-electron chi connectivity index (χ0n) is 9.97. The molecule has 0 saturated heterocycles. The van der Waals surface area contributed by atoms with E-state index in [0.29, 0.717) is 5.69 Å². The van der Waals surface area contributed by atoms with Crippen LogP contribution in [0.1, 0.15) is 29.8 Å². The van der Waals surface area contributed by atoms with Gasteiger partial charge in [-0.3, -0.25) is 4.98 Å². The SMILES string of the molecule is CCc1cnc(C(C)Nc2cncc(N)c2)s1.